The molecule has 1 heterocycles. The molecule has 80 valence electrons. The summed E-state index contributed by atoms with van der Waals surface area (Å²) in [5, 5.41) is 19.6. The molecule has 2 aromatic rings. The summed E-state index contributed by atoms with van der Waals surface area (Å²) >= 11 is 0. The minimum absolute atomic E-state index is 0.0931. The standard InChI is InChI=1S/C12H15NO2/c1-8(7-14)11-6-13(2)12-4-3-9(15)5-10(11)12/h3-6,8,14-15H,7H2,1-2H3. The molecule has 3 nitrogen and oxygen atoms in total. The Bertz CT molecular complexity index is 488. The van der Waals surface area contributed by atoms with Gasteiger partial charge in [-0.05, 0) is 23.8 Å². The normalized spacial score (nSPS) is 13.3. The first-order valence-electron chi connectivity index (χ1n) is 5.02. The number of rotatable bonds is 2. The molecule has 2 N–H and O–H groups in total. The van der Waals surface area contributed by atoms with Crippen molar-refractivity contribution in [1.29, 1.82) is 0 Å². The van der Waals surface area contributed by atoms with Gasteiger partial charge in [-0.25, -0.2) is 0 Å². The molecule has 3 heteroatoms. The average Bonchev–Trinajstić information content (AvgIpc) is 2.54. The maximum Gasteiger partial charge on any atom is 0.116 e. The lowest BCUT2D eigenvalue weighted by molar-refractivity contribution is 0.273. The van der Waals surface area contributed by atoms with Crippen molar-refractivity contribution < 1.29 is 10.2 Å². The predicted molar refractivity (Wildman–Crippen MR) is 60.1 cm³/mol. The molecule has 1 aromatic carbocycles. The Balaban J connectivity index is 2.69. The highest BCUT2D eigenvalue weighted by Gasteiger charge is 2.12. The Kier molecular flexibility index (Phi) is 2.40. The van der Waals surface area contributed by atoms with Crippen LogP contribution in [0.3, 0.4) is 0 Å². The van der Waals surface area contributed by atoms with Crippen LogP contribution in [0, 0.1) is 0 Å². The number of hydrogen-bond acceptors (Lipinski definition) is 2. The van der Waals surface area contributed by atoms with Crippen molar-refractivity contribution in [3.8, 4) is 5.75 Å². The first-order valence-corrected chi connectivity index (χ1v) is 5.02. The van der Waals surface area contributed by atoms with Gasteiger partial charge < -0.3 is 14.8 Å². The van der Waals surface area contributed by atoms with E-state index in [9.17, 15) is 5.11 Å². The van der Waals surface area contributed by atoms with E-state index in [1.54, 1.807) is 12.1 Å². The van der Waals surface area contributed by atoms with Gasteiger partial charge >= 0.3 is 0 Å². The van der Waals surface area contributed by atoms with Gasteiger partial charge in [0.2, 0.25) is 0 Å². The van der Waals surface area contributed by atoms with Gasteiger partial charge in [-0.3, -0.25) is 0 Å². The van der Waals surface area contributed by atoms with Crippen LogP contribution < -0.4 is 0 Å². The lowest BCUT2D eigenvalue weighted by Gasteiger charge is -2.05. The van der Waals surface area contributed by atoms with Crippen LogP contribution in [0.15, 0.2) is 24.4 Å². The van der Waals surface area contributed by atoms with E-state index in [0.29, 0.717) is 0 Å². The first-order chi connectivity index (χ1) is 7.13. The van der Waals surface area contributed by atoms with Crippen LogP contribution in [-0.2, 0) is 7.05 Å². The average molecular weight is 205 g/mol. The number of aliphatic hydroxyl groups is 1. The highest BCUT2D eigenvalue weighted by molar-refractivity contribution is 5.85. The number of phenolic OH excluding ortho intramolecular Hbond substituents is 1. The quantitative estimate of drug-likeness (QED) is 0.787. The molecule has 0 aliphatic rings. The van der Waals surface area contributed by atoms with Gasteiger partial charge in [0.25, 0.3) is 0 Å². The second-order valence-electron chi connectivity index (χ2n) is 3.98. The Hall–Kier alpha value is -1.48. The van der Waals surface area contributed by atoms with Crippen LogP contribution in [0.1, 0.15) is 18.4 Å². The third-order valence-corrected chi connectivity index (χ3v) is 2.81. The van der Waals surface area contributed by atoms with Gasteiger partial charge in [-0.1, -0.05) is 6.92 Å². The number of nitrogens with zero attached hydrogens (tertiary/aromatic N) is 1. The minimum Gasteiger partial charge on any atom is -0.508 e. The number of phenols is 1. The summed E-state index contributed by atoms with van der Waals surface area (Å²) in [6, 6.07) is 5.31. The summed E-state index contributed by atoms with van der Waals surface area (Å²) in [6.45, 7) is 2.09. The molecule has 0 bridgehead atoms. The Labute approximate surface area is 88.6 Å². The molecule has 0 aliphatic carbocycles. The summed E-state index contributed by atoms with van der Waals surface area (Å²) < 4.78 is 2.01. The van der Waals surface area contributed by atoms with Gasteiger partial charge in [0, 0.05) is 36.7 Å². The van der Waals surface area contributed by atoms with Crippen LogP contribution in [-0.4, -0.2) is 21.4 Å². The number of aryl methyl sites for hydroxylation is 1. The second-order valence-corrected chi connectivity index (χ2v) is 3.98. The van der Waals surface area contributed by atoms with E-state index in [2.05, 4.69) is 0 Å². The van der Waals surface area contributed by atoms with Gasteiger partial charge in [0.1, 0.15) is 5.75 Å². The first kappa shape index (κ1) is 10.1. The van der Waals surface area contributed by atoms with Crippen molar-refractivity contribution in [2.24, 2.45) is 7.05 Å². The maximum absolute atomic E-state index is 9.45. The molecular weight excluding hydrogens is 190 g/mol. The molecule has 0 spiro atoms. The molecule has 0 fully saturated rings. The Morgan fingerprint density at radius 2 is 2.13 bits per heavy atom. The number of aliphatic hydroxyl groups excluding tert-OH is 1. The highest BCUT2D eigenvalue weighted by atomic mass is 16.3. The van der Waals surface area contributed by atoms with Crippen molar-refractivity contribution >= 4 is 10.9 Å². The fourth-order valence-electron chi connectivity index (χ4n) is 1.90. The monoisotopic (exact) mass is 205 g/mol. The highest BCUT2D eigenvalue weighted by Crippen LogP contribution is 2.29. The molecule has 0 aliphatic heterocycles. The number of aromatic nitrogens is 1. The zero-order chi connectivity index (χ0) is 11.0. The number of aromatic hydroxyl groups is 1. The van der Waals surface area contributed by atoms with E-state index < -0.39 is 0 Å². The fourth-order valence-corrected chi connectivity index (χ4v) is 1.90. The van der Waals surface area contributed by atoms with Crippen LogP contribution in [0.2, 0.25) is 0 Å². The molecule has 0 amide bonds. The molecule has 1 atom stereocenters. The van der Waals surface area contributed by atoms with E-state index >= 15 is 0 Å². The predicted octanol–water partition coefficient (Wildman–Crippen LogP) is 1.98. The molecule has 0 radical (unpaired) electrons. The molecule has 0 saturated heterocycles. The summed E-state index contributed by atoms with van der Waals surface area (Å²) in [6.07, 6.45) is 2.00. The van der Waals surface area contributed by atoms with Crippen molar-refractivity contribution in [3.05, 3.63) is 30.0 Å². The van der Waals surface area contributed by atoms with Gasteiger partial charge in [0.15, 0.2) is 0 Å². The van der Waals surface area contributed by atoms with Crippen molar-refractivity contribution in [3.63, 3.8) is 0 Å². The smallest absolute Gasteiger partial charge is 0.116 e. The molecule has 1 unspecified atom stereocenters. The topological polar surface area (TPSA) is 45.4 Å². The van der Waals surface area contributed by atoms with E-state index in [1.807, 2.05) is 30.8 Å². The summed E-state index contributed by atoms with van der Waals surface area (Å²) in [4.78, 5) is 0. The van der Waals surface area contributed by atoms with Crippen molar-refractivity contribution in [1.82, 2.24) is 4.57 Å². The van der Waals surface area contributed by atoms with Crippen LogP contribution in [0.25, 0.3) is 10.9 Å². The van der Waals surface area contributed by atoms with Gasteiger partial charge in [-0.15, -0.1) is 0 Å². The van der Waals surface area contributed by atoms with Crippen LogP contribution in [0.5, 0.6) is 5.75 Å². The fraction of sp³-hybridized carbons (Fsp3) is 0.333. The summed E-state index contributed by atoms with van der Waals surface area (Å²) in [7, 11) is 1.97. The number of hydrogen-bond donors (Lipinski definition) is 2. The molecule has 2 rings (SSSR count). The summed E-state index contributed by atoms with van der Waals surface area (Å²) in [5.74, 6) is 0.357. The third-order valence-electron chi connectivity index (χ3n) is 2.81. The Morgan fingerprint density at radius 3 is 2.80 bits per heavy atom. The number of benzene rings is 1. The Morgan fingerprint density at radius 1 is 1.40 bits per heavy atom. The third kappa shape index (κ3) is 1.59. The minimum atomic E-state index is 0.0931. The van der Waals surface area contributed by atoms with Crippen LogP contribution >= 0.6 is 0 Å². The van der Waals surface area contributed by atoms with E-state index in [-0.39, 0.29) is 18.3 Å². The zero-order valence-corrected chi connectivity index (χ0v) is 8.94. The van der Waals surface area contributed by atoms with E-state index in [1.165, 1.54) is 0 Å². The maximum atomic E-state index is 9.45. The van der Waals surface area contributed by atoms with E-state index in [4.69, 9.17) is 5.11 Å². The van der Waals surface area contributed by atoms with Crippen LogP contribution in [0.4, 0.5) is 0 Å². The number of fused-ring (bicyclic) bond motifs is 1. The van der Waals surface area contributed by atoms with Crippen molar-refractivity contribution in [2.75, 3.05) is 6.61 Å². The zero-order valence-electron chi connectivity index (χ0n) is 8.94. The summed E-state index contributed by atoms with van der Waals surface area (Å²) in [5.41, 5.74) is 2.15. The molecule has 0 saturated carbocycles. The van der Waals surface area contributed by atoms with Gasteiger partial charge in [-0.2, -0.15) is 0 Å². The lowest BCUT2D eigenvalue weighted by Crippen LogP contribution is -1.97. The molecule has 1 aromatic heterocycles. The largest absolute Gasteiger partial charge is 0.508 e. The van der Waals surface area contributed by atoms with Crippen molar-refractivity contribution in [2.45, 2.75) is 12.8 Å². The molecule has 15 heavy (non-hydrogen) atoms. The lowest BCUT2D eigenvalue weighted by atomic mass is 10.0. The second kappa shape index (κ2) is 3.59. The van der Waals surface area contributed by atoms with Gasteiger partial charge in [0.05, 0.1) is 0 Å². The van der Waals surface area contributed by atoms with E-state index in [0.717, 1.165) is 16.5 Å². The SMILES string of the molecule is CC(CO)c1cn(C)c2ccc(O)cc12. The molecular formula is C12H15NO2.